The van der Waals surface area contributed by atoms with Gasteiger partial charge in [0.15, 0.2) is 9.84 Å². The Labute approximate surface area is 91.9 Å². The number of nitrogens with zero attached hydrogens (tertiary/aromatic N) is 1. The molecule has 0 unspecified atom stereocenters. The third kappa shape index (κ3) is 3.43. The summed E-state index contributed by atoms with van der Waals surface area (Å²) in [6, 6.07) is 0.583. The van der Waals surface area contributed by atoms with Crippen LogP contribution in [0.4, 0.5) is 0 Å². The second-order valence-corrected chi connectivity index (χ2v) is 6.91. The zero-order chi connectivity index (χ0) is 10.7. The van der Waals surface area contributed by atoms with Crippen LogP contribution in [0.3, 0.4) is 0 Å². The molecule has 1 saturated carbocycles. The highest BCUT2D eigenvalue weighted by molar-refractivity contribution is 7.91. The van der Waals surface area contributed by atoms with E-state index in [2.05, 4.69) is 10.4 Å². The van der Waals surface area contributed by atoms with Crippen molar-refractivity contribution < 1.29 is 8.42 Å². The van der Waals surface area contributed by atoms with E-state index in [1.807, 2.05) is 0 Å². The molecule has 4 nitrogen and oxygen atoms in total. The van der Waals surface area contributed by atoms with Crippen LogP contribution in [0.1, 0.15) is 32.1 Å². The number of sulfone groups is 1. The van der Waals surface area contributed by atoms with Crippen molar-refractivity contribution in [3.63, 3.8) is 0 Å². The average molecular weight is 232 g/mol. The van der Waals surface area contributed by atoms with Crippen LogP contribution in [0.5, 0.6) is 0 Å². The highest BCUT2D eigenvalue weighted by atomic mass is 32.2. The van der Waals surface area contributed by atoms with Gasteiger partial charge in [0.2, 0.25) is 0 Å². The minimum absolute atomic E-state index is 0.312. The van der Waals surface area contributed by atoms with Gasteiger partial charge in [-0.2, -0.15) is 0 Å². The molecule has 0 aromatic carbocycles. The van der Waals surface area contributed by atoms with Gasteiger partial charge in [-0.05, 0) is 12.8 Å². The standard InChI is InChI=1S/C10H20N2O2S/c13-15(14)8-6-12(7-9-15)11-10-4-2-1-3-5-10/h10-11H,1-9H2. The molecule has 0 spiro atoms. The van der Waals surface area contributed by atoms with Crippen molar-refractivity contribution in [1.82, 2.24) is 10.4 Å². The lowest BCUT2D eigenvalue weighted by atomic mass is 9.96. The van der Waals surface area contributed by atoms with E-state index in [4.69, 9.17) is 0 Å². The van der Waals surface area contributed by atoms with E-state index in [1.165, 1.54) is 32.1 Å². The quantitative estimate of drug-likeness (QED) is 0.755. The zero-order valence-corrected chi connectivity index (χ0v) is 9.93. The van der Waals surface area contributed by atoms with Crippen molar-refractivity contribution >= 4 is 9.84 Å². The average Bonchev–Trinajstić information content (AvgIpc) is 2.23. The molecule has 0 bridgehead atoms. The summed E-state index contributed by atoms with van der Waals surface area (Å²) in [5.74, 6) is 0.624. The zero-order valence-electron chi connectivity index (χ0n) is 9.11. The minimum Gasteiger partial charge on any atom is -0.252 e. The number of nitrogens with one attached hydrogen (secondary N) is 1. The van der Waals surface area contributed by atoms with Gasteiger partial charge in [0, 0.05) is 19.1 Å². The highest BCUT2D eigenvalue weighted by Gasteiger charge is 2.23. The molecule has 0 radical (unpaired) electrons. The van der Waals surface area contributed by atoms with Crippen LogP contribution in [0, 0.1) is 0 Å². The Morgan fingerprint density at radius 1 is 1.00 bits per heavy atom. The van der Waals surface area contributed by atoms with Crippen molar-refractivity contribution in [3.05, 3.63) is 0 Å². The molecule has 1 aliphatic carbocycles. The second-order valence-electron chi connectivity index (χ2n) is 4.60. The van der Waals surface area contributed by atoms with E-state index >= 15 is 0 Å². The summed E-state index contributed by atoms with van der Waals surface area (Å²) in [4.78, 5) is 0. The summed E-state index contributed by atoms with van der Waals surface area (Å²) in [6.07, 6.45) is 6.45. The van der Waals surface area contributed by atoms with Gasteiger partial charge >= 0.3 is 0 Å². The predicted octanol–water partition coefficient (Wildman–Crippen LogP) is 0.554. The maximum atomic E-state index is 11.2. The Balaban J connectivity index is 1.76. The molecule has 15 heavy (non-hydrogen) atoms. The van der Waals surface area contributed by atoms with Crippen molar-refractivity contribution in [2.75, 3.05) is 24.6 Å². The van der Waals surface area contributed by atoms with E-state index in [0.29, 0.717) is 30.6 Å². The summed E-state index contributed by atoms with van der Waals surface area (Å²) in [5.41, 5.74) is 3.46. The molecule has 2 fully saturated rings. The molecule has 0 atom stereocenters. The first-order valence-electron chi connectivity index (χ1n) is 5.87. The third-order valence-corrected chi connectivity index (χ3v) is 4.92. The number of hydrazine groups is 1. The van der Waals surface area contributed by atoms with Gasteiger partial charge in [-0.25, -0.2) is 13.4 Å². The lowest BCUT2D eigenvalue weighted by Gasteiger charge is -2.33. The number of hydrogen-bond acceptors (Lipinski definition) is 4. The van der Waals surface area contributed by atoms with Crippen molar-refractivity contribution in [2.24, 2.45) is 0 Å². The van der Waals surface area contributed by atoms with Gasteiger partial charge < -0.3 is 0 Å². The molecule has 0 aromatic heterocycles. The Kier molecular flexibility index (Phi) is 3.64. The second kappa shape index (κ2) is 4.80. The summed E-state index contributed by atoms with van der Waals surface area (Å²) in [6.45, 7) is 1.30. The molecule has 2 aliphatic rings. The first kappa shape index (κ1) is 11.4. The summed E-state index contributed by atoms with van der Waals surface area (Å²) in [5, 5.41) is 2.09. The summed E-state index contributed by atoms with van der Waals surface area (Å²) < 4.78 is 22.5. The molecule has 5 heteroatoms. The van der Waals surface area contributed by atoms with Crippen LogP contribution in [0.15, 0.2) is 0 Å². The smallest absolute Gasteiger partial charge is 0.152 e. The Bertz CT molecular complexity index is 283. The van der Waals surface area contributed by atoms with Crippen molar-refractivity contribution in [2.45, 2.75) is 38.1 Å². The lowest BCUT2D eigenvalue weighted by Crippen LogP contribution is -2.52. The van der Waals surface area contributed by atoms with Gasteiger partial charge in [0.1, 0.15) is 0 Å². The van der Waals surface area contributed by atoms with Crippen LogP contribution >= 0.6 is 0 Å². The van der Waals surface area contributed by atoms with Crippen LogP contribution in [0.2, 0.25) is 0 Å². The molecule has 2 rings (SSSR count). The van der Waals surface area contributed by atoms with Crippen LogP contribution < -0.4 is 5.43 Å². The number of rotatable bonds is 2. The first-order chi connectivity index (χ1) is 7.16. The molecule has 1 aliphatic heterocycles. The Morgan fingerprint density at radius 2 is 1.60 bits per heavy atom. The molecule has 1 N–H and O–H groups in total. The topological polar surface area (TPSA) is 49.4 Å². The number of hydrogen-bond donors (Lipinski definition) is 1. The summed E-state index contributed by atoms with van der Waals surface area (Å²) in [7, 11) is -2.74. The fourth-order valence-electron chi connectivity index (χ4n) is 2.33. The highest BCUT2D eigenvalue weighted by Crippen LogP contribution is 2.18. The van der Waals surface area contributed by atoms with E-state index < -0.39 is 9.84 Å². The normalized spacial score (nSPS) is 29.1. The SMILES string of the molecule is O=S1(=O)CCN(NC2CCCCC2)CC1. The van der Waals surface area contributed by atoms with Gasteiger partial charge in [-0.15, -0.1) is 0 Å². The first-order valence-corrected chi connectivity index (χ1v) is 7.69. The van der Waals surface area contributed by atoms with Gasteiger partial charge in [0.05, 0.1) is 11.5 Å². The van der Waals surface area contributed by atoms with E-state index in [0.717, 1.165) is 0 Å². The van der Waals surface area contributed by atoms with E-state index in [-0.39, 0.29) is 0 Å². The van der Waals surface area contributed by atoms with Crippen LogP contribution in [-0.2, 0) is 9.84 Å². The Morgan fingerprint density at radius 3 is 2.20 bits per heavy atom. The third-order valence-electron chi connectivity index (χ3n) is 3.31. The molecule has 1 heterocycles. The van der Waals surface area contributed by atoms with Crippen molar-refractivity contribution in [1.29, 1.82) is 0 Å². The maximum Gasteiger partial charge on any atom is 0.152 e. The lowest BCUT2D eigenvalue weighted by molar-refractivity contribution is 0.150. The largest absolute Gasteiger partial charge is 0.252 e. The fraction of sp³-hybridized carbons (Fsp3) is 1.00. The van der Waals surface area contributed by atoms with Gasteiger partial charge in [0.25, 0.3) is 0 Å². The molecule has 88 valence electrons. The maximum absolute atomic E-state index is 11.2. The molecule has 0 amide bonds. The van der Waals surface area contributed by atoms with E-state index in [1.54, 1.807) is 0 Å². The van der Waals surface area contributed by atoms with Crippen LogP contribution in [0.25, 0.3) is 0 Å². The molecular weight excluding hydrogens is 212 g/mol. The van der Waals surface area contributed by atoms with Gasteiger partial charge in [-0.3, -0.25) is 5.43 Å². The van der Waals surface area contributed by atoms with E-state index in [9.17, 15) is 8.42 Å². The van der Waals surface area contributed by atoms with Gasteiger partial charge in [-0.1, -0.05) is 19.3 Å². The molecular formula is C10H20N2O2S. The molecule has 1 saturated heterocycles. The fourth-order valence-corrected chi connectivity index (χ4v) is 3.53. The summed E-state index contributed by atoms with van der Waals surface area (Å²) >= 11 is 0. The minimum atomic E-state index is -2.74. The Hall–Kier alpha value is -0.130. The molecule has 0 aromatic rings. The van der Waals surface area contributed by atoms with Crippen molar-refractivity contribution in [3.8, 4) is 0 Å². The predicted molar refractivity (Wildman–Crippen MR) is 60.2 cm³/mol. The monoisotopic (exact) mass is 232 g/mol. The van der Waals surface area contributed by atoms with Crippen LogP contribution in [-0.4, -0.2) is 44.1 Å².